The number of halogens is 1. The number of hydrazine groups is 1. The number of rotatable bonds is 3. The summed E-state index contributed by atoms with van der Waals surface area (Å²) in [5.41, 5.74) is 3.57. The van der Waals surface area contributed by atoms with Crippen molar-refractivity contribution < 1.29 is 4.39 Å². The molecule has 92 valence electrons. The molecule has 2 aliphatic carbocycles. The van der Waals surface area contributed by atoms with Gasteiger partial charge in [-0.15, -0.1) is 0 Å². The lowest BCUT2D eigenvalue weighted by Crippen LogP contribution is -2.31. The van der Waals surface area contributed by atoms with Crippen molar-refractivity contribution in [1.82, 2.24) is 5.43 Å². The van der Waals surface area contributed by atoms with Crippen LogP contribution in [0.3, 0.4) is 0 Å². The molecule has 2 aliphatic rings. The molecular weight excluding hydrogens is 215 g/mol. The van der Waals surface area contributed by atoms with E-state index in [2.05, 4.69) is 5.43 Å². The molecule has 0 radical (unpaired) electrons. The second kappa shape index (κ2) is 4.39. The van der Waals surface area contributed by atoms with Crippen molar-refractivity contribution in [1.29, 1.82) is 0 Å². The number of nitrogens with one attached hydrogen (secondary N) is 1. The van der Waals surface area contributed by atoms with Gasteiger partial charge in [-0.3, -0.25) is 11.3 Å². The first-order valence-corrected chi connectivity index (χ1v) is 6.53. The Labute approximate surface area is 101 Å². The van der Waals surface area contributed by atoms with Gasteiger partial charge < -0.3 is 0 Å². The van der Waals surface area contributed by atoms with Gasteiger partial charge in [-0.1, -0.05) is 31.0 Å². The molecule has 1 aromatic carbocycles. The van der Waals surface area contributed by atoms with Gasteiger partial charge in [0.2, 0.25) is 0 Å². The number of benzene rings is 1. The maximum Gasteiger partial charge on any atom is 0.128 e. The summed E-state index contributed by atoms with van der Waals surface area (Å²) in [5, 5.41) is 0. The number of fused-ring (bicyclic) bond motifs is 1. The highest BCUT2D eigenvalue weighted by atomic mass is 19.1. The normalized spacial score (nSPS) is 32.9. The summed E-state index contributed by atoms with van der Waals surface area (Å²) in [7, 11) is 0. The summed E-state index contributed by atoms with van der Waals surface area (Å²) in [6.45, 7) is 0. The van der Waals surface area contributed by atoms with E-state index in [9.17, 15) is 4.39 Å². The van der Waals surface area contributed by atoms with Crippen LogP contribution in [0.2, 0.25) is 0 Å². The Bertz CT molecular complexity index is 395. The Hall–Kier alpha value is -0.930. The zero-order valence-corrected chi connectivity index (χ0v) is 9.90. The van der Waals surface area contributed by atoms with Gasteiger partial charge in [0.25, 0.3) is 0 Å². The minimum atomic E-state index is -0.140. The molecule has 3 N–H and O–H groups in total. The fourth-order valence-electron chi connectivity index (χ4n) is 3.68. The predicted molar refractivity (Wildman–Crippen MR) is 65.4 cm³/mol. The Balaban J connectivity index is 1.83. The maximum absolute atomic E-state index is 13.8. The fraction of sp³-hybridized carbons (Fsp3) is 0.571. The van der Waals surface area contributed by atoms with Crippen LogP contribution in [0.4, 0.5) is 4.39 Å². The Kier molecular flexibility index (Phi) is 2.89. The maximum atomic E-state index is 13.8. The SMILES string of the molecule is NNC(c1ccccc1F)C1C2CCCCC21. The first kappa shape index (κ1) is 11.2. The van der Waals surface area contributed by atoms with E-state index in [0.717, 1.165) is 17.4 Å². The third kappa shape index (κ3) is 1.87. The third-order valence-electron chi connectivity index (χ3n) is 4.53. The average molecular weight is 234 g/mol. The van der Waals surface area contributed by atoms with Gasteiger partial charge in [0, 0.05) is 5.56 Å². The third-order valence-corrected chi connectivity index (χ3v) is 4.53. The molecule has 0 spiro atoms. The van der Waals surface area contributed by atoms with E-state index in [1.165, 1.54) is 31.7 Å². The monoisotopic (exact) mass is 234 g/mol. The van der Waals surface area contributed by atoms with Crippen molar-refractivity contribution in [2.75, 3.05) is 0 Å². The first-order valence-electron chi connectivity index (χ1n) is 6.53. The molecule has 3 unspecified atom stereocenters. The average Bonchev–Trinajstić information content (AvgIpc) is 3.07. The minimum Gasteiger partial charge on any atom is -0.271 e. The molecule has 3 rings (SSSR count). The van der Waals surface area contributed by atoms with Crippen molar-refractivity contribution in [3.8, 4) is 0 Å². The number of hydrogen-bond acceptors (Lipinski definition) is 2. The molecule has 0 aliphatic heterocycles. The highest BCUT2D eigenvalue weighted by Crippen LogP contribution is 2.60. The molecule has 0 heterocycles. The summed E-state index contributed by atoms with van der Waals surface area (Å²) in [6.07, 6.45) is 5.24. The van der Waals surface area contributed by atoms with Gasteiger partial charge in [0.1, 0.15) is 5.82 Å². The largest absolute Gasteiger partial charge is 0.271 e. The topological polar surface area (TPSA) is 38.0 Å². The molecule has 0 saturated heterocycles. The van der Waals surface area contributed by atoms with Crippen molar-refractivity contribution in [2.45, 2.75) is 31.7 Å². The van der Waals surface area contributed by atoms with Crippen molar-refractivity contribution in [2.24, 2.45) is 23.6 Å². The van der Waals surface area contributed by atoms with E-state index in [4.69, 9.17) is 5.84 Å². The summed E-state index contributed by atoms with van der Waals surface area (Å²) < 4.78 is 13.8. The number of hydrogen-bond donors (Lipinski definition) is 2. The van der Waals surface area contributed by atoms with Gasteiger partial charge in [0.15, 0.2) is 0 Å². The number of nitrogens with two attached hydrogens (primary N) is 1. The van der Waals surface area contributed by atoms with Crippen LogP contribution in [0, 0.1) is 23.6 Å². The second-order valence-electron chi connectivity index (χ2n) is 5.36. The standard InChI is InChI=1S/C14H19FN2/c15-12-8-4-3-7-11(12)14(17-16)13-9-5-1-2-6-10(9)13/h3-4,7-10,13-14,17H,1-2,5-6,16H2. The lowest BCUT2D eigenvalue weighted by Gasteiger charge is -2.17. The molecule has 17 heavy (non-hydrogen) atoms. The molecule has 3 heteroatoms. The highest BCUT2D eigenvalue weighted by Gasteiger charge is 2.54. The molecule has 1 aromatic rings. The molecule has 3 atom stereocenters. The van der Waals surface area contributed by atoms with Crippen molar-refractivity contribution in [3.63, 3.8) is 0 Å². The van der Waals surface area contributed by atoms with E-state index < -0.39 is 0 Å². The van der Waals surface area contributed by atoms with Gasteiger partial charge in [-0.25, -0.2) is 4.39 Å². The highest BCUT2D eigenvalue weighted by molar-refractivity contribution is 5.25. The summed E-state index contributed by atoms with van der Waals surface area (Å²) in [5.74, 6) is 7.59. The molecule has 0 amide bonds. The minimum absolute atomic E-state index is 0.00991. The summed E-state index contributed by atoms with van der Waals surface area (Å²) in [6, 6.07) is 6.97. The van der Waals surface area contributed by atoms with Gasteiger partial charge in [-0.2, -0.15) is 0 Å². The van der Waals surface area contributed by atoms with Crippen molar-refractivity contribution >= 4 is 0 Å². The lowest BCUT2D eigenvalue weighted by atomic mass is 10.00. The molecule has 2 saturated carbocycles. The molecule has 2 fully saturated rings. The fourth-order valence-corrected chi connectivity index (χ4v) is 3.68. The molecule has 0 aromatic heterocycles. The second-order valence-corrected chi connectivity index (χ2v) is 5.36. The van der Waals surface area contributed by atoms with Gasteiger partial charge in [-0.05, 0) is 36.7 Å². The van der Waals surface area contributed by atoms with Crippen LogP contribution >= 0.6 is 0 Å². The zero-order chi connectivity index (χ0) is 11.8. The molecule has 0 bridgehead atoms. The van der Waals surface area contributed by atoms with Crippen LogP contribution in [0.15, 0.2) is 24.3 Å². The van der Waals surface area contributed by atoms with Crippen LogP contribution in [0.25, 0.3) is 0 Å². The quantitative estimate of drug-likeness (QED) is 0.623. The van der Waals surface area contributed by atoms with Gasteiger partial charge >= 0.3 is 0 Å². The van der Waals surface area contributed by atoms with Crippen molar-refractivity contribution in [3.05, 3.63) is 35.6 Å². The Morgan fingerprint density at radius 1 is 1.18 bits per heavy atom. The zero-order valence-electron chi connectivity index (χ0n) is 9.90. The summed E-state index contributed by atoms with van der Waals surface area (Å²) in [4.78, 5) is 0. The molecule has 2 nitrogen and oxygen atoms in total. The first-order chi connectivity index (χ1) is 8.33. The van der Waals surface area contributed by atoms with Crippen LogP contribution < -0.4 is 11.3 Å². The van der Waals surface area contributed by atoms with Gasteiger partial charge in [0.05, 0.1) is 6.04 Å². The van der Waals surface area contributed by atoms with Crippen LogP contribution in [0.1, 0.15) is 37.3 Å². The van der Waals surface area contributed by atoms with Crippen LogP contribution in [0.5, 0.6) is 0 Å². The Morgan fingerprint density at radius 3 is 2.41 bits per heavy atom. The summed E-state index contributed by atoms with van der Waals surface area (Å²) >= 11 is 0. The van der Waals surface area contributed by atoms with E-state index in [0.29, 0.717) is 5.92 Å². The van der Waals surface area contributed by atoms with E-state index in [1.54, 1.807) is 6.07 Å². The van der Waals surface area contributed by atoms with E-state index in [-0.39, 0.29) is 11.9 Å². The van der Waals surface area contributed by atoms with E-state index >= 15 is 0 Å². The van der Waals surface area contributed by atoms with Crippen LogP contribution in [-0.4, -0.2) is 0 Å². The smallest absolute Gasteiger partial charge is 0.128 e. The lowest BCUT2D eigenvalue weighted by molar-refractivity contribution is 0.436. The Morgan fingerprint density at radius 2 is 1.82 bits per heavy atom. The predicted octanol–water partition coefficient (Wildman–Crippen LogP) is 2.77. The van der Waals surface area contributed by atoms with E-state index in [1.807, 2.05) is 12.1 Å². The van der Waals surface area contributed by atoms with Crippen LogP contribution in [-0.2, 0) is 0 Å². The molecular formula is C14H19FN2.